The molecule has 102 valence electrons. The van der Waals surface area contributed by atoms with Gasteiger partial charge in [0.1, 0.15) is 0 Å². The van der Waals surface area contributed by atoms with Crippen molar-refractivity contribution in [2.24, 2.45) is 5.92 Å². The molecule has 2 atom stereocenters. The van der Waals surface area contributed by atoms with E-state index in [0.717, 1.165) is 12.6 Å². The van der Waals surface area contributed by atoms with E-state index in [1.807, 2.05) is 11.3 Å². The maximum Gasteiger partial charge on any atom is 0.0438 e. The first-order valence-electron chi connectivity index (χ1n) is 7.08. The molecule has 0 saturated heterocycles. The fraction of sp³-hybridized carbons (Fsp3) is 0.733. The summed E-state index contributed by atoms with van der Waals surface area (Å²) in [5.41, 5.74) is 0. The molecule has 2 unspecified atom stereocenters. The highest BCUT2D eigenvalue weighted by Gasteiger charge is 2.29. The van der Waals surface area contributed by atoms with Gasteiger partial charge in [0.2, 0.25) is 0 Å². The maximum atomic E-state index is 3.75. The second kappa shape index (κ2) is 6.18. The van der Waals surface area contributed by atoms with E-state index < -0.39 is 0 Å². The van der Waals surface area contributed by atoms with Crippen LogP contribution in [-0.4, -0.2) is 30.6 Å². The minimum Gasteiger partial charge on any atom is -0.307 e. The third-order valence-corrected chi connectivity index (χ3v) is 4.92. The number of thiophene rings is 1. The minimum absolute atomic E-state index is 0.500. The molecule has 0 aliphatic heterocycles. The van der Waals surface area contributed by atoms with Gasteiger partial charge in [0.15, 0.2) is 0 Å². The van der Waals surface area contributed by atoms with Crippen molar-refractivity contribution in [1.29, 1.82) is 0 Å². The van der Waals surface area contributed by atoms with Gasteiger partial charge in [-0.05, 0) is 44.2 Å². The summed E-state index contributed by atoms with van der Waals surface area (Å²) >= 11 is 1.86. The Bertz CT molecular complexity index is 343. The Kier molecular flexibility index (Phi) is 4.82. The molecule has 2 rings (SSSR count). The van der Waals surface area contributed by atoms with Crippen LogP contribution in [0.15, 0.2) is 17.5 Å². The van der Waals surface area contributed by atoms with Crippen molar-refractivity contribution in [2.75, 3.05) is 13.6 Å². The van der Waals surface area contributed by atoms with Crippen LogP contribution < -0.4 is 5.32 Å². The molecule has 0 bridgehead atoms. The van der Waals surface area contributed by atoms with Gasteiger partial charge in [0.05, 0.1) is 0 Å². The summed E-state index contributed by atoms with van der Waals surface area (Å²) in [6.07, 6.45) is 2.78. The fourth-order valence-corrected chi connectivity index (χ4v) is 3.39. The number of rotatable bonds is 7. The Morgan fingerprint density at radius 2 is 2.11 bits per heavy atom. The molecule has 2 nitrogen and oxygen atoms in total. The molecule has 0 aromatic carbocycles. The SMILES string of the molecule is CC(C)C(NCC(C)N(C)C1CC1)c1cccs1. The van der Waals surface area contributed by atoms with Gasteiger partial charge < -0.3 is 5.32 Å². The fourth-order valence-electron chi connectivity index (χ4n) is 2.42. The molecule has 0 spiro atoms. The summed E-state index contributed by atoms with van der Waals surface area (Å²) < 4.78 is 0. The quantitative estimate of drug-likeness (QED) is 0.812. The zero-order chi connectivity index (χ0) is 13.1. The van der Waals surface area contributed by atoms with Crippen molar-refractivity contribution in [2.45, 2.75) is 51.7 Å². The summed E-state index contributed by atoms with van der Waals surface area (Å²) in [5.74, 6) is 0.641. The van der Waals surface area contributed by atoms with Crippen LogP contribution in [0.2, 0.25) is 0 Å². The van der Waals surface area contributed by atoms with Crippen LogP contribution in [0.1, 0.15) is 44.5 Å². The number of hydrogen-bond donors (Lipinski definition) is 1. The van der Waals surface area contributed by atoms with Gasteiger partial charge >= 0.3 is 0 Å². The minimum atomic E-state index is 0.500. The van der Waals surface area contributed by atoms with Crippen molar-refractivity contribution in [3.63, 3.8) is 0 Å². The number of nitrogens with zero attached hydrogens (tertiary/aromatic N) is 1. The zero-order valence-electron chi connectivity index (χ0n) is 12.0. The Hall–Kier alpha value is -0.380. The predicted molar refractivity (Wildman–Crippen MR) is 80.1 cm³/mol. The van der Waals surface area contributed by atoms with Gasteiger partial charge in [-0.2, -0.15) is 0 Å². The van der Waals surface area contributed by atoms with Crippen molar-refractivity contribution in [1.82, 2.24) is 10.2 Å². The first kappa shape index (κ1) is 14.0. The zero-order valence-corrected chi connectivity index (χ0v) is 12.8. The molecular weight excluding hydrogens is 240 g/mol. The number of hydrogen-bond acceptors (Lipinski definition) is 3. The van der Waals surface area contributed by atoms with Crippen LogP contribution in [-0.2, 0) is 0 Å². The van der Waals surface area contributed by atoms with E-state index in [0.29, 0.717) is 18.0 Å². The maximum absolute atomic E-state index is 3.75. The Morgan fingerprint density at radius 1 is 1.39 bits per heavy atom. The second-order valence-corrected chi connectivity index (χ2v) is 6.87. The summed E-state index contributed by atoms with van der Waals surface area (Å²) in [7, 11) is 2.26. The van der Waals surface area contributed by atoms with Gasteiger partial charge in [-0.15, -0.1) is 11.3 Å². The van der Waals surface area contributed by atoms with Crippen molar-refractivity contribution < 1.29 is 0 Å². The van der Waals surface area contributed by atoms with Crippen LogP contribution in [0.5, 0.6) is 0 Å². The van der Waals surface area contributed by atoms with Crippen molar-refractivity contribution in [3.8, 4) is 0 Å². The normalized spacial score (nSPS) is 19.4. The van der Waals surface area contributed by atoms with Gasteiger partial charge in [0.25, 0.3) is 0 Å². The molecule has 1 heterocycles. The van der Waals surface area contributed by atoms with Crippen LogP contribution in [0.25, 0.3) is 0 Å². The second-order valence-electron chi connectivity index (χ2n) is 5.89. The monoisotopic (exact) mass is 266 g/mol. The Balaban J connectivity index is 1.86. The van der Waals surface area contributed by atoms with Gasteiger partial charge in [-0.1, -0.05) is 19.9 Å². The van der Waals surface area contributed by atoms with Crippen LogP contribution in [0, 0.1) is 5.92 Å². The number of likely N-dealkylation sites (N-methyl/N-ethyl adjacent to an activating group) is 1. The molecule has 0 amide bonds. The van der Waals surface area contributed by atoms with Crippen molar-refractivity contribution in [3.05, 3.63) is 22.4 Å². The lowest BCUT2D eigenvalue weighted by Gasteiger charge is -2.28. The molecule has 1 aromatic heterocycles. The highest BCUT2D eigenvalue weighted by atomic mass is 32.1. The third kappa shape index (κ3) is 3.56. The smallest absolute Gasteiger partial charge is 0.0438 e. The summed E-state index contributed by atoms with van der Waals surface area (Å²) in [5, 5.41) is 5.93. The average molecular weight is 266 g/mol. The van der Waals surface area contributed by atoms with Gasteiger partial charge in [-0.25, -0.2) is 0 Å². The Morgan fingerprint density at radius 3 is 2.61 bits per heavy atom. The average Bonchev–Trinajstić information content (AvgIpc) is 3.05. The summed E-state index contributed by atoms with van der Waals surface area (Å²) in [4.78, 5) is 3.99. The number of nitrogens with one attached hydrogen (secondary N) is 1. The van der Waals surface area contributed by atoms with Gasteiger partial charge in [-0.3, -0.25) is 4.90 Å². The Labute approximate surface area is 115 Å². The van der Waals surface area contributed by atoms with Crippen LogP contribution >= 0.6 is 11.3 Å². The predicted octanol–water partition coefficient (Wildman–Crippen LogP) is 3.52. The van der Waals surface area contributed by atoms with Crippen LogP contribution in [0.3, 0.4) is 0 Å². The lowest BCUT2D eigenvalue weighted by molar-refractivity contribution is 0.230. The van der Waals surface area contributed by atoms with E-state index in [9.17, 15) is 0 Å². The lowest BCUT2D eigenvalue weighted by atomic mass is 10.0. The van der Waals surface area contributed by atoms with E-state index in [1.165, 1.54) is 17.7 Å². The highest BCUT2D eigenvalue weighted by molar-refractivity contribution is 7.10. The van der Waals surface area contributed by atoms with Crippen molar-refractivity contribution >= 4 is 11.3 Å². The molecule has 1 saturated carbocycles. The standard InChI is InChI=1S/C15H26N2S/c1-11(2)15(14-6-5-9-18-14)16-10-12(3)17(4)13-7-8-13/h5-6,9,11-13,15-16H,7-8,10H2,1-4H3. The third-order valence-electron chi connectivity index (χ3n) is 3.97. The molecular formula is C15H26N2S. The van der Waals surface area contributed by atoms with E-state index in [2.05, 4.69) is 55.5 Å². The molecule has 0 radical (unpaired) electrons. The molecule has 18 heavy (non-hydrogen) atoms. The summed E-state index contributed by atoms with van der Waals surface area (Å²) in [6, 6.07) is 6.37. The van der Waals surface area contributed by atoms with E-state index in [4.69, 9.17) is 0 Å². The van der Waals surface area contributed by atoms with E-state index in [-0.39, 0.29) is 0 Å². The van der Waals surface area contributed by atoms with Gasteiger partial charge in [0, 0.05) is 29.5 Å². The van der Waals surface area contributed by atoms with E-state index >= 15 is 0 Å². The largest absolute Gasteiger partial charge is 0.307 e. The summed E-state index contributed by atoms with van der Waals surface area (Å²) in [6.45, 7) is 8.00. The topological polar surface area (TPSA) is 15.3 Å². The van der Waals surface area contributed by atoms with E-state index in [1.54, 1.807) is 0 Å². The molecule has 1 aliphatic carbocycles. The first-order chi connectivity index (χ1) is 8.59. The first-order valence-corrected chi connectivity index (χ1v) is 7.96. The molecule has 1 aliphatic rings. The molecule has 1 aromatic rings. The van der Waals surface area contributed by atoms with Crippen LogP contribution in [0.4, 0.5) is 0 Å². The highest BCUT2D eigenvalue weighted by Crippen LogP contribution is 2.28. The molecule has 1 fully saturated rings. The molecule has 3 heteroatoms. The molecule has 1 N–H and O–H groups in total. The lowest BCUT2D eigenvalue weighted by Crippen LogP contribution is -2.41.